The van der Waals surface area contributed by atoms with Gasteiger partial charge in [-0.3, -0.25) is 9.89 Å². The van der Waals surface area contributed by atoms with Crippen LogP contribution in [0.1, 0.15) is 18.2 Å². The van der Waals surface area contributed by atoms with Crippen LogP contribution in [0.4, 0.5) is 4.39 Å². The highest BCUT2D eigenvalue weighted by atomic mass is 19.1. The minimum absolute atomic E-state index is 0.295. The van der Waals surface area contributed by atoms with E-state index < -0.39 is 0 Å². The number of benzene rings is 1. The number of aliphatic hydroxyl groups excluding tert-OH is 1. The molecule has 5 heteroatoms. The lowest BCUT2D eigenvalue weighted by Crippen LogP contribution is -2.17. The van der Waals surface area contributed by atoms with Crippen LogP contribution < -0.4 is 5.56 Å². The smallest absolute Gasteiger partial charge is 0.277 e. The lowest BCUT2D eigenvalue weighted by atomic mass is 10.2. The van der Waals surface area contributed by atoms with Gasteiger partial charge in [-0.05, 0) is 30.7 Å². The summed E-state index contributed by atoms with van der Waals surface area (Å²) in [4.78, 5) is 11.9. The van der Waals surface area contributed by atoms with E-state index in [2.05, 4.69) is 5.10 Å². The fourth-order valence-electron chi connectivity index (χ4n) is 1.74. The lowest BCUT2D eigenvalue weighted by molar-refractivity contribution is 0.279. The van der Waals surface area contributed by atoms with E-state index in [9.17, 15) is 9.18 Å². The van der Waals surface area contributed by atoms with Gasteiger partial charge in [0.25, 0.3) is 5.56 Å². The molecule has 4 nitrogen and oxygen atoms in total. The molecule has 0 unspecified atom stereocenters. The van der Waals surface area contributed by atoms with Crippen molar-refractivity contribution in [2.24, 2.45) is 0 Å². The SMILES string of the molecule is CCc1[nH]n(-c2ccc(F)cc2)c(=O)c1CO. The molecule has 0 aliphatic heterocycles. The number of H-pyrrole nitrogens is 1. The van der Waals surface area contributed by atoms with Crippen LogP contribution in [-0.2, 0) is 13.0 Å². The zero-order valence-electron chi connectivity index (χ0n) is 9.40. The fraction of sp³-hybridized carbons (Fsp3) is 0.250. The van der Waals surface area contributed by atoms with E-state index in [1.165, 1.54) is 28.9 Å². The molecule has 0 saturated heterocycles. The first-order valence-corrected chi connectivity index (χ1v) is 5.37. The summed E-state index contributed by atoms with van der Waals surface area (Å²) in [5.41, 5.74) is 1.31. The molecule has 17 heavy (non-hydrogen) atoms. The zero-order chi connectivity index (χ0) is 12.4. The molecule has 0 fully saturated rings. The van der Waals surface area contributed by atoms with E-state index in [0.717, 1.165) is 0 Å². The van der Waals surface area contributed by atoms with Crippen molar-refractivity contribution < 1.29 is 9.50 Å². The van der Waals surface area contributed by atoms with E-state index in [4.69, 9.17) is 5.11 Å². The van der Waals surface area contributed by atoms with Crippen molar-refractivity contribution in [3.8, 4) is 5.69 Å². The Balaban J connectivity index is 2.56. The van der Waals surface area contributed by atoms with Crippen LogP contribution in [0.3, 0.4) is 0 Å². The Bertz CT molecular complexity index is 569. The van der Waals surface area contributed by atoms with E-state index in [1.54, 1.807) is 0 Å². The van der Waals surface area contributed by atoms with Gasteiger partial charge >= 0.3 is 0 Å². The molecule has 0 atom stereocenters. The molecule has 0 bridgehead atoms. The van der Waals surface area contributed by atoms with Gasteiger partial charge in [-0.2, -0.15) is 0 Å². The molecular formula is C12H13FN2O2. The number of aromatic amines is 1. The summed E-state index contributed by atoms with van der Waals surface area (Å²) in [5, 5.41) is 12.0. The number of aromatic nitrogens is 2. The maximum atomic E-state index is 12.8. The number of aliphatic hydroxyl groups is 1. The molecule has 2 N–H and O–H groups in total. The first-order valence-electron chi connectivity index (χ1n) is 5.37. The topological polar surface area (TPSA) is 58.0 Å². The molecule has 0 radical (unpaired) electrons. The van der Waals surface area contributed by atoms with Gasteiger partial charge in [0.1, 0.15) is 5.82 Å². The minimum Gasteiger partial charge on any atom is -0.391 e. The van der Waals surface area contributed by atoms with Crippen LogP contribution in [0, 0.1) is 5.82 Å². The van der Waals surface area contributed by atoms with Crippen LogP contribution in [0.2, 0.25) is 0 Å². The highest BCUT2D eigenvalue weighted by Gasteiger charge is 2.12. The van der Waals surface area contributed by atoms with Crippen LogP contribution in [-0.4, -0.2) is 14.9 Å². The van der Waals surface area contributed by atoms with Crippen LogP contribution in [0.15, 0.2) is 29.1 Å². The largest absolute Gasteiger partial charge is 0.391 e. The third-order valence-electron chi connectivity index (χ3n) is 2.67. The van der Waals surface area contributed by atoms with Crippen molar-refractivity contribution >= 4 is 0 Å². The van der Waals surface area contributed by atoms with Crippen molar-refractivity contribution in [1.29, 1.82) is 0 Å². The first-order chi connectivity index (χ1) is 8.17. The van der Waals surface area contributed by atoms with Crippen LogP contribution in [0.5, 0.6) is 0 Å². The Morgan fingerprint density at radius 2 is 2.00 bits per heavy atom. The van der Waals surface area contributed by atoms with E-state index >= 15 is 0 Å². The van der Waals surface area contributed by atoms with E-state index in [-0.39, 0.29) is 18.0 Å². The number of nitrogens with one attached hydrogen (secondary N) is 1. The molecule has 1 heterocycles. The maximum Gasteiger partial charge on any atom is 0.277 e. The summed E-state index contributed by atoms with van der Waals surface area (Å²) in [7, 11) is 0. The molecule has 2 rings (SSSR count). The van der Waals surface area contributed by atoms with Crippen LogP contribution >= 0.6 is 0 Å². The number of rotatable bonds is 3. The highest BCUT2D eigenvalue weighted by molar-refractivity contribution is 5.33. The number of nitrogens with zero attached hydrogens (tertiary/aromatic N) is 1. The fourth-order valence-corrected chi connectivity index (χ4v) is 1.74. The van der Waals surface area contributed by atoms with Crippen molar-refractivity contribution in [3.05, 3.63) is 51.7 Å². The average Bonchev–Trinajstić information content (AvgIpc) is 2.66. The van der Waals surface area contributed by atoms with Crippen molar-refractivity contribution in [3.63, 3.8) is 0 Å². The second kappa shape index (κ2) is 4.55. The third kappa shape index (κ3) is 2.01. The molecule has 0 aliphatic carbocycles. The second-order valence-electron chi connectivity index (χ2n) is 3.70. The molecule has 1 aromatic heterocycles. The van der Waals surface area contributed by atoms with E-state index in [0.29, 0.717) is 23.4 Å². The Hall–Kier alpha value is -1.88. The van der Waals surface area contributed by atoms with Gasteiger partial charge in [0.05, 0.1) is 17.9 Å². The third-order valence-corrected chi connectivity index (χ3v) is 2.67. The zero-order valence-corrected chi connectivity index (χ0v) is 9.40. The molecule has 1 aromatic carbocycles. The van der Waals surface area contributed by atoms with Crippen molar-refractivity contribution in [1.82, 2.24) is 9.78 Å². The van der Waals surface area contributed by atoms with Gasteiger partial charge in [0.2, 0.25) is 0 Å². The van der Waals surface area contributed by atoms with Gasteiger partial charge in [-0.15, -0.1) is 0 Å². The summed E-state index contributed by atoms with van der Waals surface area (Å²) in [6.07, 6.45) is 0.624. The Labute approximate surface area is 97.3 Å². The number of hydrogen-bond acceptors (Lipinski definition) is 2. The molecule has 90 valence electrons. The Kier molecular flexibility index (Phi) is 3.10. The average molecular weight is 236 g/mol. The maximum absolute atomic E-state index is 12.8. The highest BCUT2D eigenvalue weighted by Crippen LogP contribution is 2.09. The predicted molar refractivity (Wildman–Crippen MR) is 61.6 cm³/mol. The van der Waals surface area contributed by atoms with E-state index in [1.807, 2.05) is 6.92 Å². The van der Waals surface area contributed by atoms with Gasteiger partial charge in [-0.25, -0.2) is 9.07 Å². The second-order valence-corrected chi connectivity index (χ2v) is 3.70. The summed E-state index contributed by atoms with van der Waals surface area (Å²) in [6, 6.07) is 5.58. The van der Waals surface area contributed by atoms with Crippen molar-refractivity contribution in [2.45, 2.75) is 20.0 Å². The number of aryl methyl sites for hydroxylation is 1. The molecule has 0 saturated carbocycles. The summed E-state index contributed by atoms with van der Waals surface area (Å²) >= 11 is 0. The van der Waals surface area contributed by atoms with Crippen molar-refractivity contribution in [2.75, 3.05) is 0 Å². The molecule has 2 aromatic rings. The lowest BCUT2D eigenvalue weighted by Gasteiger charge is -2.00. The number of hydrogen-bond donors (Lipinski definition) is 2. The van der Waals surface area contributed by atoms with Gasteiger partial charge in [0.15, 0.2) is 0 Å². The first kappa shape index (κ1) is 11.6. The molecule has 0 amide bonds. The molecule has 0 aliphatic rings. The van der Waals surface area contributed by atoms with Crippen LogP contribution in [0.25, 0.3) is 5.69 Å². The van der Waals surface area contributed by atoms with Gasteiger partial charge in [-0.1, -0.05) is 6.92 Å². The quantitative estimate of drug-likeness (QED) is 0.845. The Morgan fingerprint density at radius 1 is 1.35 bits per heavy atom. The normalized spacial score (nSPS) is 10.8. The Morgan fingerprint density at radius 3 is 2.47 bits per heavy atom. The standard InChI is InChI=1S/C12H13FN2O2/c1-2-11-10(7-16)12(17)15(14-11)9-5-3-8(13)4-6-9/h3-6,14,16H,2,7H2,1H3. The van der Waals surface area contributed by atoms with Gasteiger partial charge in [0, 0.05) is 5.69 Å². The molecular weight excluding hydrogens is 223 g/mol. The minimum atomic E-state index is -0.355. The van der Waals surface area contributed by atoms with Gasteiger partial charge < -0.3 is 5.11 Å². The predicted octanol–water partition coefficient (Wildman–Crippen LogP) is 1.36. The summed E-state index contributed by atoms with van der Waals surface area (Å²) in [5.74, 6) is -0.355. The summed E-state index contributed by atoms with van der Waals surface area (Å²) < 4.78 is 14.1. The summed E-state index contributed by atoms with van der Waals surface area (Å²) in [6.45, 7) is 1.59. The number of halogens is 1. The molecule has 0 spiro atoms. The monoisotopic (exact) mass is 236 g/mol.